The minimum absolute atomic E-state index is 0.177. The van der Waals surface area contributed by atoms with Gasteiger partial charge in [-0.2, -0.15) is 0 Å². The van der Waals surface area contributed by atoms with Crippen LogP contribution in [0.2, 0.25) is 0 Å². The van der Waals surface area contributed by atoms with E-state index in [1.807, 2.05) is 6.92 Å². The quantitative estimate of drug-likeness (QED) is 0.518. The Labute approximate surface area is 68.4 Å². The van der Waals surface area contributed by atoms with Crippen molar-refractivity contribution in [3.8, 4) is 0 Å². The SMILES string of the molecule is CCC(CO)NCCC(C)O. The molecule has 0 saturated carbocycles. The Hall–Kier alpha value is -0.120. The molecule has 0 bridgehead atoms. The summed E-state index contributed by atoms with van der Waals surface area (Å²) < 4.78 is 0. The highest BCUT2D eigenvalue weighted by atomic mass is 16.3. The number of rotatable bonds is 6. The van der Waals surface area contributed by atoms with Crippen LogP contribution in [0, 0.1) is 0 Å². The fraction of sp³-hybridized carbons (Fsp3) is 1.00. The minimum atomic E-state index is -0.251. The first-order valence-electron chi connectivity index (χ1n) is 4.23. The smallest absolute Gasteiger partial charge is 0.0584 e. The molecule has 2 atom stereocenters. The van der Waals surface area contributed by atoms with Gasteiger partial charge in [-0.1, -0.05) is 6.92 Å². The molecule has 0 aliphatic rings. The highest BCUT2D eigenvalue weighted by Crippen LogP contribution is 1.91. The topological polar surface area (TPSA) is 52.5 Å². The Morgan fingerprint density at radius 3 is 2.45 bits per heavy atom. The van der Waals surface area contributed by atoms with E-state index >= 15 is 0 Å². The molecule has 0 aliphatic heterocycles. The number of aliphatic hydroxyl groups is 2. The molecule has 0 aliphatic carbocycles. The second kappa shape index (κ2) is 6.58. The average molecular weight is 161 g/mol. The predicted octanol–water partition coefficient (Wildman–Crippen LogP) is 0.118. The summed E-state index contributed by atoms with van der Waals surface area (Å²) in [6.45, 7) is 4.74. The van der Waals surface area contributed by atoms with Crippen molar-refractivity contribution in [2.75, 3.05) is 13.2 Å². The van der Waals surface area contributed by atoms with Crippen LogP contribution in [0.25, 0.3) is 0 Å². The predicted molar refractivity (Wildman–Crippen MR) is 45.5 cm³/mol. The van der Waals surface area contributed by atoms with Gasteiger partial charge in [-0.3, -0.25) is 0 Å². The van der Waals surface area contributed by atoms with Crippen molar-refractivity contribution in [1.82, 2.24) is 5.32 Å². The van der Waals surface area contributed by atoms with Gasteiger partial charge in [0, 0.05) is 6.04 Å². The van der Waals surface area contributed by atoms with Gasteiger partial charge in [0.2, 0.25) is 0 Å². The monoisotopic (exact) mass is 161 g/mol. The Morgan fingerprint density at radius 1 is 1.45 bits per heavy atom. The summed E-state index contributed by atoms with van der Waals surface area (Å²) in [7, 11) is 0. The molecule has 0 fully saturated rings. The van der Waals surface area contributed by atoms with Crippen molar-refractivity contribution in [3.63, 3.8) is 0 Å². The highest BCUT2D eigenvalue weighted by Gasteiger charge is 2.02. The molecule has 3 nitrogen and oxygen atoms in total. The first-order chi connectivity index (χ1) is 5.20. The first-order valence-corrected chi connectivity index (χ1v) is 4.23. The Morgan fingerprint density at radius 2 is 2.09 bits per heavy atom. The third-order valence-electron chi connectivity index (χ3n) is 1.71. The third kappa shape index (κ3) is 6.28. The molecule has 0 saturated heterocycles. The Kier molecular flexibility index (Phi) is 6.51. The normalized spacial score (nSPS) is 16.4. The van der Waals surface area contributed by atoms with E-state index in [-0.39, 0.29) is 18.8 Å². The number of hydrogen-bond donors (Lipinski definition) is 3. The van der Waals surface area contributed by atoms with Crippen molar-refractivity contribution < 1.29 is 10.2 Å². The van der Waals surface area contributed by atoms with Crippen LogP contribution in [0.4, 0.5) is 0 Å². The Bertz CT molecular complexity index is 82.2. The molecular formula is C8H19NO2. The summed E-state index contributed by atoms with van der Waals surface area (Å²) in [6, 6.07) is 0.189. The van der Waals surface area contributed by atoms with Crippen LogP contribution in [0.1, 0.15) is 26.7 Å². The van der Waals surface area contributed by atoms with Crippen LogP contribution in [-0.2, 0) is 0 Å². The van der Waals surface area contributed by atoms with E-state index in [0.717, 1.165) is 19.4 Å². The van der Waals surface area contributed by atoms with Crippen molar-refractivity contribution in [2.45, 2.75) is 38.8 Å². The van der Waals surface area contributed by atoms with Gasteiger partial charge in [0.15, 0.2) is 0 Å². The largest absolute Gasteiger partial charge is 0.395 e. The third-order valence-corrected chi connectivity index (χ3v) is 1.71. The van der Waals surface area contributed by atoms with E-state index in [2.05, 4.69) is 5.32 Å². The molecule has 3 heteroatoms. The lowest BCUT2D eigenvalue weighted by molar-refractivity contribution is 0.176. The molecular weight excluding hydrogens is 142 g/mol. The van der Waals surface area contributed by atoms with Crippen molar-refractivity contribution in [2.24, 2.45) is 0 Å². The van der Waals surface area contributed by atoms with Gasteiger partial charge in [-0.25, -0.2) is 0 Å². The van der Waals surface area contributed by atoms with E-state index in [0.29, 0.717) is 0 Å². The summed E-state index contributed by atoms with van der Waals surface area (Å²) in [5.41, 5.74) is 0. The van der Waals surface area contributed by atoms with Crippen LogP contribution in [0.5, 0.6) is 0 Å². The zero-order valence-corrected chi connectivity index (χ0v) is 7.38. The fourth-order valence-electron chi connectivity index (χ4n) is 0.834. The molecule has 3 N–H and O–H groups in total. The Balaban J connectivity index is 3.21. The molecule has 0 aromatic heterocycles. The van der Waals surface area contributed by atoms with Crippen LogP contribution in [0.3, 0.4) is 0 Å². The minimum Gasteiger partial charge on any atom is -0.395 e. The molecule has 0 heterocycles. The van der Waals surface area contributed by atoms with Crippen LogP contribution in [0.15, 0.2) is 0 Å². The number of hydrogen-bond acceptors (Lipinski definition) is 3. The van der Waals surface area contributed by atoms with E-state index < -0.39 is 0 Å². The summed E-state index contributed by atoms with van der Waals surface area (Å²) >= 11 is 0. The second-order valence-corrected chi connectivity index (χ2v) is 2.88. The standard InChI is InChI=1S/C8H19NO2/c1-3-8(6-10)9-5-4-7(2)11/h7-11H,3-6H2,1-2H3. The zero-order chi connectivity index (χ0) is 8.69. The lowest BCUT2D eigenvalue weighted by atomic mass is 10.2. The van der Waals surface area contributed by atoms with Gasteiger partial charge >= 0.3 is 0 Å². The van der Waals surface area contributed by atoms with Gasteiger partial charge in [-0.15, -0.1) is 0 Å². The molecule has 0 aromatic carbocycles. The molecule has 0 radical (unpaired) electrons. The average Bonchev–Trinajstić information content (AvgIpc) is 1.98. The molecule has 2 unspecified atom stereocenters. The first kappa shape index (κ1) is 10.9. The lowest BCUT2D eigenvalue weighted by Gasteiger charge is -2.14. The summed E-state index contributed by atoms with van der Waals surface area (Å²) in [4.78, 5) is 0. The molecule has 0 spiro atoms. The molecule has 0 rings (SSSR count). The van der Waals surface area contributed by atoms with E-state index in [4.69, 9.17) is 10.2 Å². The molecule has 11 heavy (non-hydrogen) atoms. The van der Waals surface area contributed by atoms with Gasteiger partial charge < -0.3 is 15.5 Å². The molecule has 0 aromatic rings. The van der Waals surface area contributed by atoms with Crippen molar-refractivity contribution in [1.29, 1.82) is 0 Å². The van der Waals surface area contributed by atoms with Gasteiger partial charge in [-0.05, 0) is 26.3 Å². The van der Waals surface area contributed by atoms with E-state index in [1.54, 1.807) is 6.92 Å². The highest BCUT2D eigenvalue weighted by molar-refractivity contribution is 4.63. The summed E-state index contributed by atoms with van der Waals surface area (Å²) in [5, 5.41) is 20.8. The van der Waals surface area contributed by atoms with Gasteiger partial charge in [0.1, 0.15) is 0 Å². The van der Waals surface area contributed by atoms with Crippen molar-refractivity contribution in [3.05, 3.63) is 0 Å². The van der Waals surface area contributed by atoms with Gasteiger partial charge in [0.25, 0.3) is 0 Å². The van der Waals surface area contributed by atoms with E-state index in [1.165, 1.54) is 0 Å². The fourth-order valence-corrected chi connectivity index (χ4v) is 0.834. The lowest BCUT2D eigenvalue weighted by Crippen LogP contribution is -2.33. The van der Waals surface area contributed by atoms with Crippen molar-refractivity contribution >= 4 is 0 Å². The zero-order valence-electron chi connectivity index (χ0n) is 7.38. The molecule has 0 amide bonds. The summed E-state index contributed by atoms with van der Waals surface area (Å²) in [6.07, 6.45) is 1.42. The second-order valence-electron chi connectivity index (χ2n) is 2.88. The van der Waals surface area contributed by atoms with E-state index in [9.17, 15) is 0 Å². The maximum atomic E-state index is 8.91. The maximum Gasteiger partial charge on any atom is 0.0584 e. The van der Waals surface area contributed by atoms with Gasteiger partial charge in [0.05, 0.1) is 12.7 Å². The maximum absolute atomic E-state index is 8.91. The summed E-state index contributed by atoms with van der Waals surface area (Å²) in [5.74, 6) is 0. The number of aliphatic hydroxyl groups excluding tert-OH is 2. The van der Waals surface area contributed by atoms with Crippen LogP contribution < -0.4 is 5.32 Å². The molecule has 68 valence electrons. The van der Waals surface area contributed by atoms with Crippen LogP contribution >= 0.6 is 0 Å². The van der Waals surface area contributed by atoms with Crippen LogP contribution in [-0.4, -0.2) is 35.5 Å². The number of nitrogens with one attached hydrogen (secondary N) is 1.